The van der Waals surface area contributed by atoms with Crippen LogP contribution in [-0.4, -0.2) is 4.43 Å². The summed E-state index contributed by atoms with van der Waals surface area (Å²) in [6.45, 7) is 0. The van der Waals surface area contributed by atoms with Gasteiger partial charge in [0, 0.05) is 9.13 Å². The molecular formula is C18H14INOS. The molecule has 2 aromatic carbocycles. The summed E-state index contributed by atoms with van der Waals surface area (Å²) in [5.41, 5.74) is 1.20. The van der Waals surface area contributed by atoms with Crippen LogP contribution >= 0.6 is 33.9 Å². The maximum absolute atomic E-state index is 9.00. The largest absolute Gasteiger partial charge is 0.486 e. The minimum atomic E-state index is 0.0611. The normalized spacial score (nSPS) is 12.0. The molecule has 3 rings (SSSR count). The molecule has 1 aromatic heterocycles. The van der Waals surface area contributed by atoms with Gasteiger partial charge in [-0.25, -0.2) is 0 Å². The molecule has 0 saturated carbocycles. The summed E-state index contributed by atoms with van der Waals surface area (Å²) in [6.07, 6.45) is 1.03. The van der Waals surface area contributed by atoms with Crippen LogP contribution in [0, 0.1) is 11.3 Å². The van der Waals surface area contributed by atoms with Crippen molar-refractivity contribution in [1.82, 2.24) is 0 Å². The molecule has 0 aliphatic rings. The fourth-order valence-corrected chi connectivity index (χ4v) is 3.82. The highest BCUT2D eigenvalue weighted by Gasteiger charge is 2.13. The molecule has 1 heterocycles. The standard InChI is InChI=1S/C18H14INOS/c19-9-8-17(13-4-2-1-3-5-13)21-15-7-6-14-10-16(12-20)22-18(14)11-15/h1-7,10-11,17H,8-9H2. The zero-order valence-electron chi connectivity index (χ0n) is 11.8. The number of benzene rings is 2. The first-order valence-electron chi connectivity index (χ1n) is 7.01. The molecule has 0 fully saturated rings. The molecule has 0 aliphatic heterocycles. The number of hydrogen-bond acceptors (Lipinski definition) is 3. The van der Waals surface area contributed by atoms with Crippen molar-refractivity contribution in [3.63, 3.8) is 0 Å². The van der Waals surface area contributed by atoms with Gasteiger partial charge in [-0.3, -0.25) is 0 Å². The molecule has 1 unspecified atom stereocenters. The summed E-state index contributed by atoms with van der Waals surface area (Å²) in [4.78, 5) is 0.735. The average molecular weight is 419 g/mol. The van der Waals surface area contributed by atoms with Crippen molar-refractivity contribution in [1.29, 1.82) is 5.26 Å². The molecule has 0 amide bonds. The van der Waals surface area contributed by atoms with Crippen LogP contribution in [0.4, 0.5) is 0 Å². The van der Waals surface area contributed by atoms with E-state index in [1.165, 1.54) is 16.9 Å². The van der Waals surface area contributed by atoms with E-state index in [-0.39, 0.29) is 6.10 Å². The second-order valence-electron chi connectivity index (χ2n) is 4.92. The molecule has 1 atom stereocenters. The monoisotopic (exact) mass is 419 g/mol. The molecule has 0 saturated heterocycles. The Balaban J connectivity index is 1.88. The fourth-order valence-electron chi connectivity index (χ4n) is 2.36. The van der Waals surface area contributed by atoms with E-state index in [1.807, 2.05) is 42.5 Å². The Hall–Kier alpha value is -1.58. The second kappa shape index (κ2) is 7.12. The molecule has 110 valence electrons. The molecule has 2 nitrogen and oxygen atoms in total. The first kappa shape index (κ1) is 15.3. The minimum Gasteiger partial charge on any atom is -0.486 e. The van der Waals surface area contributed by atoms with E-state index in [9.17, 15) is 0 Å². The molecule has 4 heteroatoms. The molecule has 22 heavy (non-hydrogen) atoms. The van der Waals surface area contributed by atoms with Gasteiger partial charge in [0.1, 0.15) is 22.8 Å². The van der Waals surface area contributed by atoms with Crippen LogP contribution in [0.3, 0.4) is 0 Å². The lowest BCUT2D eigenvalue weighted by molar-refractivity contribution is 0.204. The summed E-state index contributed by atoms with van der Waals surface area (Å²) >= 11 is 3.89. The van der Waals surface area contributed by atoms with Gasteiger partial charge in [0.2, 0.25) is 0 Å². The summed E-state index contributed by atoms with van der Waals surface area (Å²) in [7, 11) is 0. The molecule has 0 spiro atoms. The number of thiophene rings is 1. The van der Waals surface area contributed by atoms with Gasteiger partial charge < -0.3 is 4.74 Å². The summed E-state index contributed by atoms with van der Waals surface area (Å²) in [5.74, 6) is 0.859. The van der Waals surface area contributed by atoms with Gasteiger partial charge in [0.05, 0.1) is 0 Å². The third-order valence-corrected chi connectivity index (χ3v) is 5.05. The first-order chi connectivity index (χ1) is 10.8. The summed E-state index contributed by atoms with van der Waals surface area (Å²) in [5, 5.41) is 10.1. The number of ether oxygens (including phenoxy) is 1. The maximum atomic E-state index is 9.00. The molecule has 0 radical (unpaired) electrons. The fraction of sp³-hybridized carbons (Fsp3) is 0.167. The SMILES string of the molecule is N#Cc1cc2ccc(OC(CCI)c3ccccc3)cc2s1. The van der Waals surface area contributed by atoms with E-state index < -0.39 is 0 Å². The Labute approximate surface area is 147 Å². The Bertz CT molecular complexity index is 807. The second-order valence-corrected chi connectivity index (χ2v) is 7.08. The van der Waals surface area contributed by atoms with E-state index in [4.69, 9.17) is 10.00 Å². The maximum Gasteiger partial charge on any atom is 0.124 e. The zero-order chi connectivity index (χ0) is 15.4. The van der Waals surface area contributed by atoms with E-state index in [0.29, 0.717) is 0 Å². The average Bonchev–Trinajstić information content (AvgIpc) is 2.98. The van der Waals surface area contributed by atoms with Crippen molar-refractivity contribution in [2.24, 2.45) is 0 Å². The molecule has 0 aliphatic carbocycles. The minimum absolute atomic E-state index is 0.0611. The Morgan fingerprint density at radius 1 is 1.14 bits per heavy atom. The molecule has 3 aromatic rings. The number of rotatable bonds is 5. The van der Waals surface area contributed by atoms with Crippen LogP contribution in [-0.2, 0) is 0 Å². The highest BCUT2D eigenvalue weighted by molar-refractivity contribution is 14.1. The van der Waals surface area contributed by atoms with Crippen molar-refractivity contribution >= 4 is 44.0 Å². The lowest BCUT2D eigenvalue weighted by atomic mass is 10.1. The smallest absolute Gasteiger partial charge is 0.124 e. The van der Waals surface area contributed by atoms with Gasteiger partial charge >= 0.3 is 0 Å². The molecular weight excluding hydrogens is 405 g/mol. The van der Waals surface area contributed by atoms with Crippen molar-refractivity contribution in [2.75, 3.05) is 4.43 Å². The Kier molecular flexibility index (Phi) is 4.96. The number of fused-ring (bicyclic) bond motifs is 1. The van der Waals surface area contributed by atoms with Crippen LogP contribution < -0.4 is 4.74 Å². The summed E-state index contributed by atoms with van der Waals surface area (Å²) in [6, 6.07) is 20.5. The molecule has 0 N–H and O–H groups in total. The van der Waals surface area contributed by atoms with Gasteiger partial charge in [0.15, 0.2) is 0 Å². The zero-order valence-corrected chi connectivity index (χ0v) is 14.8. The first-order valence-corrected chi connectivity index (χ1v) is 9.35. The van der Waals surface area contributed by atoms with Gasteiger partial charge in [-0.05, 0) is 41.6 Å². The summed E-state index contributed by atoms with van der Waals surface area (Å²) < 4.78 is 8.34. The number of nitriles is 1. The van der Waals surface area contributed by atoms with Gasteiger partial charge in [0.25, 0.3) is 0 Å². The lowest BCUT2D eigenvalue weighted by Gasteiger charge is -2.18. The van der Waals surface area contributed by atoms with Crippen LogP contribution in [0.25, 0.3) is 10.1 Å². The lowest BCUT2D eigenvalue weighted by Crippen LogP contribution is -2.08. The van der Waals surface area contributed by atoms with E-state index in [2.05, 4.69) is 40.8 Å². The predicted octanol–water partition coefficient (Wildman–Crippen LogP) is 5.72. The van der Waals surface area contributed by atoms with E-state index in [1.54, 1.807) is 0 Å². The van der Waals surface area contributed by atoms with Crippen molar-refractivity contribution < 1.29 is 4.74 Å². The molecule has 0 bridgehead atoms. The predicted molar refractivity (Wildman–Crippen MR) is 99.9 cm³/mol. The van der Waals surface area contributed by atoms with Crippen molar-refractivity contribution in [2.45, 2.75) is 12.5 Å². The third kappa shape index (κ3) is 3.42. The van der Waals surface area contributed by atoms with Crippen LogP contribution in [0.15, 0.2) is 54.6 Å². The number of hydrogen-bond donors (Lipinski definition) is 0. The van der Waals surface area contributed by atoms with Crippen LogP contribution in [0.1, 0.15) is 23.0 Å². The Morgan fingerprint density at radius 3 is 2.68 bits per heavy atom. The number of alkyl halides is 1. The highest BCUT2D eigenvalue weighted by atomic mass is 127. The van der Waals surface area contributed by atoms with Crippen molar-refractivity contribution in [3.05, 3.63) is 65.0 Å². The van der Waals surface area contributed by atoms with Gasteiger partial charge in [-0.2, -0.15) is 5.26 Å². The van der Waals surface area contributed by atoms with Crippen LogP contribution in [0.2, 0.25) is 0 Å². The highest BCUT2D eigenvalue weighted by Crippen LogP contribution is 2.32. The van der Waals surface area contributed by atoms with Gasteiger partial charge in [-0.15, -0.1) is 11.3 Å². The van der Waals surface area contributed by atoms with Crippen LogP contribution in [0.5, 0.6) is 5.75 Å². The quantitative estimate of drug-likeness (QED) is 0.392. The van der Waals surface area contributed by atoms with E-state index in [0.717, 1.165) is 31.6 Å². The van der Waals surface area contributed by atoms with Crippen molar-refractivity contribution in [3.8, 4) is 11.8 Å². The number of nitrogens with zero attached hydrogens (tertiary/aromatic N) is 1. The topological polar surface area (TPSA) is 33.0 Å². The number of halogens is 1. The third-order valence-electron chi connectivity index (χ3n) is 3.42. The van der Waals surface area contributed by atoms with E-state index >= 15 is 0 Å². The van der Waals surface area contributed by atoms with Gasteiger partial charge in [-0.1, -0.05) is 52.9 Å². The Morgan fingerprint density at radius 2 is 1.95 bits per heavy atom.